The van der Waals surface area contributed by atoms with E-state index in [1.807, 2.05) is 55.7 Å². The SMILES string of the molecule is CCCCOC(=O)c1cccc(Oc2nc(Oc3cc(C(=N)N)ccc3OCC)nc3c2nc(C)n3Cc2ccccc2)c1. The van der Waals surface area contributed by atoms with Gasteiger partial charge in [0.05, 0.1) is 25.3 Å². The van der Waals surface area contributed by atoms with Crippen molar-refractivity contribution in [1.29, 1.82) is 5.41 Å². The van der Waals surface area contributed by atoms with E-state index >= 15 is 0 Å². The molecule has 2 heterocycles. The molecule has 5 aromatic rings. The summed E-state index contributed by atoms with van der Waals surface area (Å²) in [5.74, 6) is 1.36. The first kappa shape index (κ1) is 30.0. The molecule has 3 N–H and O–H groups in total. The maximum absolute atomic E-state index is 12.6. The highest BCUT2D eigenvalue weighted by atomic mass is 16.5. The Kier molecular flexibility index (Phi) is 9.34. The second-order valence-corrected chi connectivity index (χ2v) is 9.94. The molecule has 226 valence electrons. The largest absolute Gasteiger partial charge is 0.490 e. The quantitative estimate of drug-likeness (QED) is 0.0683. The van der Waals surface area contributed by atoms with Crippen LogP contribution in [0.1, 0.15) is 54.0 Å². The molecule has 0 radical (unpaired) electrons. The van der Waals surface area contributed by atoms with Crippen molar-refractivity contribution in [2.45, 2.75) is 40.2 Å². The van der Waals surface area contributed by atoms with Gasteiger partial charge in [0.2, 0.25) is 0 Å². The van der Waals surface area contributed by atoms with Gasteiger partial charge in [0, 0.05) is 5.56 Å². The summed E-state index contributed by atoms with van der Waals surface area (Å²) in [5, 5.41) is 7.87. The molecular weight excluding hydrogens is 560 g/mol. The number of nitrogens with zero attached hydrogens (tertiary/aromatic N) is 4. The van der Waals surface area contributed by atoms with Gasteiger partial charge in [-0.25, -0.2) is 9.78 Å². The first-order valence-corrected chi connectivity index (χ1v) is 14.4. The Morgan fingerprint density at radius 2 is 1.73 bits per heavy atom. The Morgan fingerprint density at radius 3 is 2.48 bits per heavy atom. The number of ether oxygens (including phenoxy) is 4. The van der Waals surface area contributed by atoms with Crippen molar-refractivity contribution in [2.24, 2.45) is 5.73 Å². The first-order valence-electron chi connectivity index (χ1n) is 14.4. The van der Waals surface area contributed by atoms with Gasteiger partial charge in [-0.3, -0.25) is 5.41 Å². The average Bonchev–Trinajstić information content (AvgIpc) is 3.33. The molecule has 0 unspecified atom stereocenters. The number of nitrogen functional groups attached to an aromatic ring is 1. The minimum Gasteiger partial charge on any atom is -0.490 e. The molecule has 11 nitrogen and oxygen atoms in total. The van der Waals surface area contributed by atoms with Crippen molar-refractivity contribution in [3.05, 3.63) is 95.3 Å². The van der Waals surface area contributed by atoms with Crippen molar-refractivity contribution in [3.8, 4) is 29.1 Å². The molecule has 0 atom stereocenters. The number of aromatic nitrogens is 4. The van der Waals surface area contributed by atoms with E-state index < -0.39 is 5.97 Å². The van der Waals surface area contributed by atoms with Crippen molar-refractivity contribution in [1.82, 2.24) is 19.5 Å². The molecule has 0 amide bonds. The van der Waals surface area contributed by atoms with Gasteiger partial charge in [-0.2, -0.15) is 9.97 Å². The highest BCUT2D eigenvalue weighted by molar-refractivity contribution is 5.95. The second-order valence-electron chi connectivity index (χ2n) is 9.94. The number of carbonyl (C=O) groups excluding carboxylic acids is 1. The lowest BCUT2D eigenvalue weighted by Gasteiger charge is -2.13. The van der Waals surface area contributed by atoms with Gasteiger partial charge in [0.15, 0.2) is 22.7 Å². The van der Waals surface area contributed by atoms with Crippen LogP contribution in [0.3, 0.4) is 0 Å². The van der Waals surface area contributed by atoms with Crippen LogP contribution in [-0.4, -0.2) is 44.5 Å². The first-order chi connectivity index (χ1) is 21.4. The summed E-state index contributed by atoms with van der Waals surface area (Å²) in [6, 6.07) is 21.6. The summed E-state index contributed by atoms with van der Waals surface area (Å²) >= 11 is 0. The highest BCUT2D eigenvalue weighted by Crippen LogP contribution is 2.35. The molecule has 0 spiro atoms. The second kappa shape index (κ2) is 13.7. The third kappa shape index (κ3) is 6.95. The van der Waals surface area contributed by atoms with Crippen LogP contribution >= 0.6 is 0 Å². The van der Waals surface area contributed by atoms with E-state index in [1.165, 1.54) is 0 Å². The zero-order chi connectivity index (χ0) is 31.1. The van der Waals surface area contributed by atoms with Crippen LogP contribution < -0.4 is 19.9 Å². The maximum atomic E-state index is 12.6. The zero-order valence-electron chi connectivity index (χ0n) is 24.9. The topological polar surface area (TPSA) is 147 Å². The number of carbonyl (C=O) groups is 1. The summed E-state index contributed by atoms with van der Waals surface area (Å²) in [4.78, 5) is 26.6. The van der Waals surface area contributed by atoms with Crippen LogP contribution in [0.4, 0.5) is 0 Å². The van der Waals surface area contributed by atoms with Crippen LogP contribution in [0, 0.1) is 12.3 Å². The zero-order valence-corrected chi connectivity index (χ0v) is 24.9. The minimum absolute atomic E-state index is 0.0292. The van der Waals surface area contributed by atoms with Gasteiger partial charge < -0.3 is 29.2 Å². The van der Waals surface area contributed by atoms with Crippen LogP contribution in [0.15, 0.2) is 72.8 Å². The minimum atomic E-state index is -0.433. The molecule has 0 aliphatic heterocycles. The number of nitrogens with one attached hydrogen (secondary N) is 1. The fourth-order valence-electron chi connectivity index (χ4n) is 4.46. The monoisotopic (exact) mass is 594 g/mol. The van der Waals surface area contributed by atoms with Crippen LogP contribution in [0.5, 0.6) is 29.1 Å². The Morgan fingerprint density at radius 1 is 0.909 bits per heavy atom. The van der Waals surface area contributed by atoms with Gasteiger partial charge in [0.1, 0.15) is 17.4 Å². The number of benzene rings is 3. The fourth-order valence-corrected chi connectivity index (χ4v) is 4.46. The lowest BCUT2D eigenvalue weighted by molar-refractivity contribution is 0.0499. The van der Waals surface area contributed by atoms with Crippen molar-refractivity contribution < 1.29 is 23.7 Å². The van der Waals surface area contributed by atoms with E-state index in [-0.39, 0.29) is 23.5 Å². The normalized spacial score (nSPS) is 10.9. The Hall–Kier alpha value is -5.45. The van der Waals surface area contributed by atoms with Crippen molar-refractivity contribution in [3.63, 3.8) is 0 Å². The number of esters is 1. The molecule has 0 fully saturated rings. The standard InChI is InChI=1S/C33H34N6O5/c1-4-6-17-42-32(40)24-13-10-14-25(18-24)43-31-28-30(39(21(3)36-28)20-22-11-8-7-9-12-22)37-33(38-31)44-27-19-23(29(34)35)15-16-26(27)41-5-2/h7-16,18-19H,4-6,17,20H2,1-3H3,(H3,34,35). The maximum Gasteiger partial charge on any atom is 0.338 e. The number of fused-ring (bicyclic) bond motifs is 1. The summed E-state index contributed by atoms with van der Waals surface area (Å²) in [7, 11) is 0. The van der Waals surface area contributed by atoms with Gasteiger partial charge in [-0.15, -0.1) is 0 Å². The number of hydrogen-bond acceptors (Lipinski definition) is 9. The van der Waals surface area contributed by atoms with E-state index in [9.17, 15) is 4.79 Å². The summed E-state index contributed by atoms with van der Waals surface area (Å²) in [6.45, 7) is 7.01. The summed E-state index contributed by atoms with van der Waals surface area (Å²) in [6.07, 6.45) is 1.71. The lowest BCUT2D eigenvalue weighted by atomic mass is 10.2. The lowest BCUT2D eigenvalue weighted by Crippen LogP contribution is -2.11. The van der Waals surface area contributed by atoms with Gasteiger partial charge >= 0.3 is 12.0 Å². The Bertz CT molecular complexity index is 1790. The van der Waals surface area contributed by atoms with Crippen molar-refractivity contribution in [2.75, 3.05) is 13.2 Å². The van der Waals surface area contributed by atoms with E-state index in [4.69, 9.17) is 40.1 Å². The van der Waals surface area contributed by atoms with E-state index in [2.05, 4.69) is 4.98 Å². The highest BCUT2D eigenvalue weighted by Gasteiger charge is 2.21. The number of amidine groups is 1. The van der Waals surface area contributed by atoms with E-state index in [1.54, 1.807) is 42.5 Å². The van der Waals surface area contributed by atoms with Crippen LogP contribution in [0.2, 0.25) is 0 Å². The molecular formula is C33H34N6O5. The number of nitrogens with two attached hydrogens (primary N) is 1. The molecule has 0 bridgehead atoms. The van der Waals surface area contributed by atoms with Gasteiger partial charge in [-0.1, -0.05) is 49.7 Å². The van der Waals surface area contributed by atoms with E-state index in [0.717, 1.165) is 18.4 Å². The molecule has 3 aromatic carbocycles. The predicted molar refractivity (Wildman–Crippen MR) is 166 cm³/mol. The molecule has 44 heavy (non-hydrogen) atoms. The third-order valence-corrected chi connectivity index (χ3v) is 6.69. The van der Waals surface area contributed by atoms with E-state index in [0.29, 0.717) is 59.4 Å². The number of rotatable bonds is 13. The molecule has 11 heteroatoms. The Balaban J connectivity index is 1.58. The van der Waals surface area contributed by atoms with Gasteiger partial charge in [-0.05, 0) is 62.2 Å². The van der Waals surface area contributed by atoms with Crippen molar-refractivity contribution >= 4 is 23.0 Å². The molecule has 0 saturated carbocycles. The molecule has 0 aliphatic carbocycles. The molecule has 5 rings (SSSR count). The molecule has 0 aliphatic rings. The van der Waals surface area contributed by atoms with Crippen LogP contribution in [0.25, 0.3) is 11.2 Å². The fraction of sp³-hybridized carbons (Fsp3) is 0.242. The Labute approximate surface area is 255 Å². The van der Waals surface area contributed by atoms with Crippen LogP contribution in [-0.2, 0) is 11.3 Å². The number of aryl methyl sites for hydroxylation is 1. The van der Waals surface area contributed by atoms with Gasteiger partial charge in [0.25, 0.3) is 5.88 Å². The smallest absolute Gasteiger partial charge is 0.338 e. The average molecular weight is 595 g/mol. The third-order valence-electron chi connectivity index (χ3n) is 6.69. The number of imidazole rings is 1. The summed E-state index contributed by atoms with van der Waals surface area (Å²) < 4.78 is 25.5. The number of hydrogen-bond donors (Lipinski definition) is 2. The summed E-state index contributed by atoms with van der Waals surface area (Å²) in [5.41, 5.74) is 8.51. The number of unbranched alkanes of at least 4 members (excludes halogenated alkanes) is 1. The molecule has 2 aromatic heterocycles. The molecule has 0 saturated heterocycles. The predicted octanol–water partition coefficient (Wildman–Crippen LogP) is 6.41.